The predicted octanol–water partition coefficient (Wildman–Crippen LogP) is 4.41. The van der Waals surface area contributed by atoms with Gasteiger partial charge in [-0.2, -0.15) is 5.26 Å². The lowest BCUT2D eigenvalue weighted by atomic mass is 9.95. The normalized spacial score (nSPS) is 11.0. The van der Waals surface area contributed by atoms with E-state index in [1.54, 1.807) is 37.5 Å². The number of hydrogen-bond acceptors (Lipinski definition) is 3. The molecule has 0 bridgehead atoms. The molecule has 0 radical (unpaired) electrons. The lowest BCUT2D eigenvalue weighted by Crippen LogP contribution is -2.02. The number of nitrogens with zero attached hydrogens (tertiary/aromatic N) is 1. The standard InChI is InChI=1S/C20H19NO2/c1-13-9-14(2)19(15(3)10-13)11-17(12-21)20(22)16-5-7-18(23-4)8-6-16/h5-11H,1-4H3/b17-11+. The smallest absolute Gasteiger partial charge is 0.203 e. The molecule has 23 heavy (non-hydrogen) atoms. The van der Waals surface area contributed by atoms with Crippen molar-refractivity contribution in [2.45, 2.75) is 20.8 Å². The van der Waals surface area contributed by atoms with Crippen LogP contribution in [0.15, 0.2) is 42.0 Å². The molecule has 0 aliphatic carbocycles. The van der Waals surface area contributed by atoms with Crippen LogP contribution in [0.3, 0.4) is 0 Å². The summed E-state index contributed by atoms with van der Waals surface area (Å²) in [6.07, 6.45) is 1.68. The van der Waals surface area contributed by atoms with Gasteiger partial charge in [0.15, 0.2) is 0 Å². The average molecular weight is 305 g/mol. The van der Waals surface area contributed by atoms with Gasteiger partial charge in [-0.25, -0.2) is 0 Å². The highest BCUT2D eigenvalue weighted by molar-refractivity contribution is 6.14. The fraction of sp³-hybridized carbons (Fsp3) is 0.200. The minimum atomic E-state index is -0.283. The molecule has 0 saturated carbocycles. The molecule has 0 atom stereocenters. The first-order valence-electron chi connectivity index (χ1n) is 7.34. The molecular formula is C20H19NO2. The zero-order chi connectivity index (χ0) is 17.0. The number of hydrogen-bond donors (Lipinski definition) is 0. The number of rotatable bonds is 4. The van der Waals surface area contributed by atoms with Crippen LogP contribution in [-0.2, 0) is 0 Å². The Hall–Kier alpha value is -2.86. The maximum absolute atomic E-state index is 12.5. The van der Waals surface area contributed by atoms with Gasteiger partial charge in [0.1, 0.15) is 17.4 Å². The van der Waals surface area contributed by atoms with E-state index in [9.17, 15) is 10.1 Å². The third-order valence-electron chi connectivity index (χ3n) is 3.74. The minimum absolute atomic E-state index is 0.130. The summed E-state index contributed by atoms with van der Waals surface area (Å²) in [6.45, 7) is 6.00. The molecule has 0 N–H and O–H groups in total. The van der Waals surface area contributed by atoms with Gasteiger partial charge < -0.3 is 4.74 Å². The van der Waals surface area contributed by atoms with Crippen LogP contribution in [0.25, 0.3) is 6.08 Å². The van der Waals surface area contributed by atoms with Crippen molar-refractivity contribution in [1.29, 1.82) is 5.26 Å². The van der Waals surface area contributed by atoms with Crippen molar-refractivity contribution in [1.82, 2.24) is 0 Å². The van der Waals surface area contributed by atoms with Crippen molar-refractivity contribution in [3.8, 4) is 11.8 Å². The summed E-state index contributed by atoms with van der Waals surface area (Å²) in [5.74, 6) is 0.392. The van der Waals surface area contributed by atoms with Crippen molar-refractivity contribution in [3.05, 3.63) is 69.8 Å². The molecule has 0 aromatic heterocycles. The molecule has 0 heterocycles. The van der Waals surface area contributed by atoms with Crippen LogP contribution in [0, 0.1) is 32.1 Å². The SMILES string of the molecule is COc1ccc(C(=O)/C(C#N)=C/c2c(C)cc(C)cc2C)cc1. The van der Waals surface area contributed by atoms with Crippen LogP contribution in [0.4, 0.5) is 0 Å². The lowest BCUT2D eigenvalue weighted by molar-refractivity contribution is 0.104. The summed E-state index contributed by atoms with van der Waals surface area (Å²) >= 11 is 0. The second kappa shape index (κ2) is 6.93. The topological polar surface area (TPSA) is 50.1 Å². The van der Waals surface area contributed by atoms with E-state index in [2.05, 4.69) is 0 Å². The second-order valence-corrected chi connectivity index (χ2v) is 5.54. The third kappa shape index (κ3) is 3.67. The Bertz CT molecular complexity index is 786. The van der Waals surface area contributed by atoms with E-state index in [0.717, 1.165) is 22.3 Å². The summed E-state index contributed by atoms with van der Waals surface area (Å²) in [6, 6.07) is 12.9. The van der Waals surface area contributed by atoms with Gasteiger partial charge in [0.2, 0.25) is 5.78 Å². The Balaban J connectivity index is 2.43. The third-order valence-corrected chi connectivity index (χ3v) is 3.74. The molecule has 2 aromatic rings. The van der Waals surface area contributed by atoms with Gasteiger partial charge in [-0.1, -0.05) is 17.7 Å². The molecule has 2 aromatic carbocycles. The molecular weight excluding hydrogens is 286 g/mol. The Labute approximate surface area is 136 Å². The number of carbonyl (C=O) groups is 1. The quantitative estimate of drug-likeness (QED) is 0.477. The monoisotopic (exact) mass is 305 g/mol. The molecule has 2 rings (SSSR count). The molecule has 0 spiro atoms. The van der Waals surface area contributed by atoms with E-state index >= 15 is 0 Å². The Kier molecular flexibility index (Phi) is 4.98. The summed E-state index contributed by atoms with van der Waals surface area (Å²) in [5, 5.41) is 9.39. The molecule has 0 aliphatic heterocycles. The maximum atomic E-state index is 12.5. The van der Waals surface area contributed by atoms with Crippen LogP contribution in [0.1, 0.15) is 32.6 Å². The molecule has 0 unspecified atom stereocenters. The van der Waals surface area contributed by atoms with Gasteiger partial charge in [-0.15, -0.1) is 0 Å². The van der Waals surface area contributed by atoms with Crippen molar-refractivity contribution in [2.75, 3.05) is 7.11 Å². The molecule has 0 fully saturated rings. The van der Waals surface area contributed by atoms with E-state index in [1.165, 1.54) is 0 Å². The number of aryl methyl sites for hydroxylation is 3. The summed E-state index contributed by atoms with van der Waals surface area (Å²) in [4.78, 5) is 12.5. The number of benzene rings is 2. The number of ether oxygens (including phenoxy) is 1. The Morgan fingerprint density at radius 1 is 1.09 bits per heavy atom. The van der Waals surface area contributed by atoms with Gasteiger partial charge in [-0.05, 0) is 67.8 Å². The number of ketones is 1. The molecule has 3 nitrogen and oxygen atoms in total. The zero-order valence-electron chi connectivity index (χ0n) is 13.8. The first-order chi connectivity index (χ1) is 11.0. The van der Waals surface area contributed by atoms with Crippen molar-refractivity contribution in [2.24, 2.45) is 0 Å². The molecule has 0 saturated heterocycles. The lowest BCUT2D eigenvalue weighted by Gasteiger charge is -2.08. The van der Waals surface area contributed by atoms with Gasteiger partial charge in [0, 0.05) is 5.56 Å². The van der Waals surface area contributed by atoms with Gasteiger partial charge in [-0.3, -0.25) is 4.79 Å². The van der Waals surface area contributed by atoms with Crippen LogP contribution in [0.2, 0.25) is 0 Å². The van der Waals surface area contributed by atoms with E-state index in [1.807, 2.05) is 39.0 Å². The fourth-order valence-corrected chi connectivity index (χ4v) is 2.61. The van der Waals surface area contributed by atoms with Crippen molar-refractivity contribution >= 4 is 11.9 Å². The highest BCUT2D eigenvalue weighted by Crippen LogP contribution is 2.21. The summed E-state index contributed by atoms with van der Waals surface area (Å²) in [5.41, 5.74) is 4.80. The number of nitriles is 1. The van der Waals surface area contributed by atoms with E-state index < -0.39 is 0 Å². The van der Waals surface area contributed by atoms with E-state index in [4.69, 9.17) is 4.74 Å². The molecule has 0 amide bonds. The van der Waals surface area contributed by atoms with Gasteiger partial charge >= 0.3 is 0 Å². The number of methoxy groups -OCH3 is 1. The largest absolute Gasteiger partial charge is 0.497 e. The first kappa shape index (κ1) is 16.5. The van der Waals surface area contributed by atoms with Crippen molar-refractivity contribution < 1.29 is 9.53 Å². The summed E-state index contributed by atoms with van der Waals surface area (Å²) < 4.78 is 5.08. The number of carbonyl (C=O) groups excluding carboxylic acids is 1. The van der Waals surface area contributed by atoms with Gasteiger partial charge in [0.05, 0.1) is 7.11 Å². The van der Waals surface area contributed by atoms with Crippen LogP contribution in [0.5, 0.6) is 5.75 Å². The van der Waals surface area contributed by atoms with Crippen LogP contribution < -0.4 is 4.74 Å². The fourth-order valence-electron chi connectivity index (χ4n) is 2.61. The maximum Gasteiger partial charge on any atom is 0.203 e. The minimum Gasteiger partial charge on any atom is -0.497 e. The van der Waals surface area contributed by atoms with Crippen LogP contribution >= 0.6 is 0 Å². The molecule has 3 heteroatoms. The van der Waals surface area contributed by atoms with Gasteiger partial charge in [0.25, 0.3) is 0 Å². The number of allylic oxidation sites excluding steroid dienone is 1. The highest BCUT2D eigenvalue weighted by Gasteiger charge is 2.13. The van der Waals surface area contributed by atoms with Crippen LogP contribution in [-0.4, -0.2) is 12.9 Å². The Morgan fingerprint density at radius 2 is 1.65 bits per heavy atom. The number of Topliss-reactive ketones (excluding diaryl/α,β-unsaturated/α-hetero) is 1. The first-order valence-corrected chi connectivity index (χ1v) is 7.34. The average Bonchev–Trinajstić information content (AvgIpc) is 2.54. The van der Waals surface area contributed by atoms with E-state index in [-0.39, 0.29) is 11.4 Å². The predicted molar refractivity (Wildman–Crippen MR) is 91.6 cm³/mol. The highest BCUT2D eigenvalue weighted by atomic mass is 16.5. The zero-order valence-corrected chi connectivity index (χ0v) is 13.8. The van der Waals surface area contributed by atoms with E-state index in [0.29, 0.717) is 11.3 Å². The Morgan fingerprint density at radius 3 is 2.13 bits per heavy atom. The van der Waals surface area contributed by atoms with Crippen molar-refractivity contribution in [3.63, 3.8) is 0 Å². The second-order valence-electron chi connectivity index (χ2n) is 5.54. The molecule has 0 aliphatic rings. The summed E-state index contributed by atoms with van der Waals surface area (Å²) in [7, 11) is 1.57. The molecule has 116 valence electrons.